The first-order valence-corrected chi connectivity index (χ1v) is 11.1. The Kier molecular flexibility index (Phi) is 6.49. The fourth-order valence-corrected chi connectivity index (χ4v) is 4.83. The third kappa shape index (κ3) is 4.42. The largest absolute Gasteiger partial charge is 0.346 e. The van der Waals surface area contributed by atoms with Crippen LogP contribution in [0.3, 0.4) is 0 Å². The van der Waals surface area contributed by atoms with E-state index in [0.717, 1.165) is 56.7 Å². The van der Waals surface area contributed by atoms with E-state index in [0.29, 0.717) is 17.3 Å². The van der Waals surface area contributed by atoms with Gasteiger partial charge in [-0.1, -0.05) is 25.1 Å². The molecule has 0 spiro atoms. The molecule has 1 aromatic heterocycles. The molecule has 0 unspecified atom stereocenters. The van der Waals surface area contributed by atoms with Gasteiger partial charge in [0.05, 0.1) is 0 Å². The summed E-state index contributed by atoms with van der Waals surface area (Å²) in [5.41, 5.74) is 3.21. The monoisotopic (exact) mass is 413 g/mol. The third-order valence-corrected chi connectivity index (χ3v) is 6.50. The number of fused-ring (bicyclic) bond motifs is 1. The second kappa shape index (κ2) is 9.27. The van der Waals surface area contributed by atoms with Gasteiger partial charge in [-0.05, 0) is 38.3 Å². The summed E-state index contributed by atoms with van der Waals surface area (Å²) < 4.78 is 15.7. The molecule has 0 saturated carbocycles. The second-order valence-electron chi connectivity index (χ2n) is 8.45. The number of aromatic nitrogens is 2. The van der Waals surface area contributed by atoms with E-state index in [2.05, 4.69) is 27.1 Å². The summed E-state index contributed by atoms with van der Waals surface area (Å²) in [5, 5.41) is 7.39. The van der Waals surface area contributed by atoms with Gasteiger partial charge in [0.15, 0.2) is 5.69 Å². The molecule has 1 aliphatic carbocycles. The van der Waals surface area contributed by atoms with Crippen LogP contribution in [0.1, 0.15) is 47.1 Å². The van der Waals surface area contributed by atoms with Crippen molar-refractivity contribution in [1.29, 1.82) is 0 Å². The second-order valence-corrected chi connectivity index (χ2v) is 8.45. The molecule has 4 rings (SSSR count). The van der Waals surface area contributed by atoms with Crippen molar-refractivity contribution in [3.63, 3.8) is 0 Å². The van der Waals surface area contributed by atoms with Crippen LogP contribution in [0.25, 0.3) is 0 Å². The molecular weight excluding hydrogens is 381 g/mol. The van der Waals surface area contributed by atoms with E-state index in [1.807, 2.05) is 11.7 Å². The highest BCUT2D eigenvalue weighted by Crippen LogP contribution is 2.28. The van der Waals surface area contributed by atoms with Crippen LogP contribution in [0.4, 0.5) is 4.39 Å². The Hall–Kier alpha value is -2.25. The van der Waals surface area contributed by atoms with Crippen molar-refractivity contribution in [2.45, 2.75) is 45.2 Å². The molecule has 1 amide bonds. The predicted molar refractivity (Wildman–Crippen MR) is 115 cm³/mol. The van der Waals surface area contributed by atoms with Gasteiger partial charge in [-0.3, -0.25) is 14.4 Å². The molecule has 1 fully saturated rings. The van der Waals surface area contributed by atoms with Crippen LogP contribution in [0.15, 0.2) is 24.3 Å². The number of carbonyl (C=O) groups is 1. The standard InChI is InChI=1S/C23H32FN5O/c1-3-10-28-11-13-29(14-12-28)18-8-9-21-19(15-18)22(26-27(21)2)23(30)25-16-17-6-4-5-7-20(17)24/h4-7,18H,3,8-16H2,1-2H3,(H,25,30)/t18-/m1/s1. The quantitative estimate of drug-likeness (QED) is 0.790. The molecule has 1 aliphatic heterocycles. The number of hydrogen-bond acceptors (Lipinski definition) is 4. The molecule has 6 nitrogen and oxygen atoms in total. The summed E-state index contributed by atoms with van der Waals surface area (Å²) in [6.45, 7) is 8.01. The first-order chi connectivity index (χ1) is 14.6. The fraction of sp³-hybridized carbons (Fsp3) is 0.565. The third-order valence-electron chi connectivity index (χ3n) is 6.50. The minimum absolute atomic E-state index is 0.166. The van der Waals surface area contributed by atoms with E-state index in [1.165, 1.54) is 19.0 Å². The molecule has 162 valence electrons. The molecular formula is C23H32FN5O. The Balaban J connectivity index is 1.43. The molecule has 2 aromatic rings. The Morgan fingerprint density at radius 2 is 2.00 bits per heavy atom. The number of halogens is 1. The summed E-state index contributed by atoms with van der Waals surface area (Å²) >= 11 is 0. The number of amides is 1. The first-order valence-electron chi connectivity index (χ1n) is 11.1. The molecule has 1 N–H and O–H groups in total. The highest BCUT2D eigenvalue weighted by Gasteiger charge is 2.32. The Morgan fingerprint density at radius 3 is 2.73 bits per heavy atom. The number of aryl methyl sites for hydroxylation is 1. The highest BCUT2D eigenvalue weighted by atomic mass is 19.1. The van der Waals surface area contributed by atoms with E-state index in [1.54, 1.807) is 18.2 Å². The van der Waals surface area contributed by atoms with Crippen LogP contribution >= 0.6 is 0 Å². The molecule has 2 heterocycles. The number of nitrogens with one attached hydrogen (secondary N) is 1. The van der Waals surface area contributed by atoms with Crippen molar-refractivity contribution >= 4 is 5.91 Å². The number of carbonyl (C=O) groups excluding carboxylic acids is 1. The van der Waals surface area contributed by atoms with Gasteiger partial charge < -0.3 is 10.2 Å². The lowest BCUT2D eigenvalue weighted by Gasteiger charge is -2.40. The van der Waals surface area contributed by atoms with Gasteiger partial charge in [0.1, 0.15) is 5.82 Å². The van der Waals surface area contributed by atoms with Crippen molar-refractivity contribution in [3.05, 3.63) is 52.6 Å². The molecule has 1 aromatic carbocycles. The topological polar surface area (TPSA) is 53.4 Å². The summed E-state index contributed by atoms with van der Waals surface area (Å²) in [6, 6.07) is 6.99. The number of piperazine rings is 1. The van der Waals surface area contributed by atoms with Gasteiger partial charge in [-0.25, -0.2) is 4.39 Å². The smallest absolute Gasteiger partial charge is 0.272 e. The molecule has 7 heteroatoms. The Labute approximate surface area is 178 Å². The van der Waals surface area contributed by atoms with E-state index in [9.17, 15) is 9.18 Å². The lowest BCUT2D eigenvalue weighted by Crippen LogP contribution is -2.51. The van der Waals surface area contributed by atoms with Crippen molar-refractivity contribution in [2.75, 3.05) is 32.7 Å². The average Bonchev–Trinajstić information content (AvgIpc) is 3.10. The maximum Gasteiger partial charge on any atom is 0.272 e. The van der Waals surface area contributed by atoms with E-state index in [-0.39, 0.29) is 18.3 Å². The zero-order chi connectivity index (χ0) is 21.1. The summed E-state index contributed by atoms with van der Waals surface area (Å²) in [6.07, 6.45) is 4.11. The van der Waals surface area contributed by atoms with Crippen molar-refractivity contribution in [3.8, 4) is 0 Å². The summed E-state index contributed by atoms with van der Waals surface area (Å²) in [4.78, 5) is 18.0. The molecule has 0 bridgehead atoms. The lowest BCUT2D eigenvalue weighted by molar-refractivity contribution is 0.0884. The van der Waals surface area contributed by atoms with Gasteiger partial charge in [0, 0.05) is 62.6 Å². The summed E-state index contributed by atoms with van der Waals surface area (Å²) in [7, 11) is 1.91. The van der Waals surface area contributed by atoms with Crippen LogP contribution < -0.4 is 5.32 Å². The lowest BCUT2D eigenvalue weighted by atomic mass is 9.89. The van der Waals surface area contributed by atoms with Crippen molar-refractivity contribution in [1.82, 2.24) is 24.9 Å². The minimum Gasteiger partial charge on any atom is -0.346 e. The van der Waals surface area contributed by atoms with Crippen LogP contribution in [0, 0.1) is 5.82 Å². The fourth-order valence-electron chi connectivity index (χ4n) is 4.83. The minimum atomic E-state index is -0.303. The van der Waals surface area contributed by atoms with Crippen molar-refractivity contribution in [2.24, 2.45) is 7.05 Å². The van der Waals surface area contributed by atoms with Gasteiger partial charge in [-0.15, -0.1) is 0 Å². The maximum atomic E-state index is 13.9. The van der Waals surface area contributed by atoms with E-state index in [4.69, 9.17) is 0 Å². The molecule has 1 saturated heterocycles. The van der Waals surface area contributed by atoms with E-state index >= 15 is 0 Å². The van der Waals surface area contributed by atoms with Crippen LogP contribution in [-0.2, 0) is 26.4 Å². The zero-order valence-electron chi connectivity index (χ0n) is 18.0. The normalized spacial score (nSPS) is 20.2. The van der Waals surface area contributed by atoms with Gasteiger partial charge >= 0.3 is 0 Å². The molecule has 30 heavy (non-hydrogen) atoms. The zero-order valence-corrected chi connectivity index (χ0v) is 18.0. The van der Waals surface area contributed by atoms with Crippen molar-refractivity contribution < 1.29 is 9.18 Å². The molecule has 0 radical (unpaired) electrons. The van der Waals surface area contributed by atoms with Crippen LogP contribution in [0.5, 0.6) is 0 Å². The molecule has 2 aliphatic rings. The van der Waals surface area contributed by atoms with Gasteiger partial charge in [-0.2, -0.15) is 5.10 Å². The predicted octanol–water partition coefficient (Wildman–Crippen LogP) is 2.37. The van der Waals surface area contributed by atoms with E-state index < -0.39 is 0 Å². The van der Waals surface area contributed by atoms with Crippen LogP contribution in [0.2, 0.25) is 0 Å². The SMILES string of the molecule is CCCN1CCN([C@@H]2CCc3c(c(C(=O)NCc4ccccc4F)nn3C)C2)CC1. The number of benzene rings is 1. The number of hydrogen-bond donors (Lipinski definition) is 1. The Bertz CT molecular complexity index is 888. The number of nitrogens with zero attached hydrogens (tertiary/aromatic N) is 4. The van der Waals surface area contributed by atoms with Crippen LogP contribution in [-0.4, -0.2) is 64.3 Å². The van der Waals surface area contributed by atoms with Gasteiger partial charge in [0.2, 0.25) is 0 Å². The summed E-state index contributed by atoms with van der Waals surface area (Å²) in [5.74, 6) is -0.522. The highest BCUT2D eigenvalue weighted by molar-refractivity contribution is 5.94. The maximum absolute atomic E-state index is 13.9. The number of rotatable bonds is 6. The molecule has 1 atom stereocenters. The average molecular weight is 414 g/mol. The Morgan fingerprint density at radius 1 is 1.23 bits per heavy atom. The van der Waals surface area contributed by atoms with Gasteiger partial charge in [0.25, 0.3) is 5.91 Å². The first kappa shape index (κ1) is 21.0.